The summed E-state index contributed by atoms with van der Waals surface area (Å²) in [5.74, 6) is 0.484. The number of aliphatic imine (C=N–C) groups is 1. The number of allylic oxidation sites excluding steroid dienone is 1. The summed E-state index contributed by atoms with van der Waals surface area (Å²) >= 11 is 3.52. The Morgan fingerprint density at radius 3 is 3.00 bits per heavy atom. The van der Waals surface area contributed by atoms with Gasteiger partial charge in [-0.3, -0.25) is 4.99 Å². The van der Waals surface area contributed by atoms with E-state index in [0.717, 1.165) is 21.3 Å². The summed E-state index contributed by atoms with van der Waals surface area (Å²) in [4.78, 5) is 11.3. The van der Waals surface area contributed by atoms with Crippen LogP contribution in [0.25, 0.3) is 11.6 Å². The smallest absolute Gasteiger partial charge is 0.238 e. The van der Waals surface area contributed by atoms with Gasteiger partial charge in [0.15, 0.2) is 0 Å². The van der Waals surface area contributed by atoms with E-state index in [9.17, 15) is 5.11 Å². The van der Waals surface area contributed by atoms with Crippen molar-refractivity contribution in [3.63, 3.8) is 0 Å². The van der Waals surface area contributed by atoms with E-state index in [2.05, 4.69) is 36.2 Å². The average Bonchev–Trinajstić information content (AvgIpc) is 2.96. The Labute approximate surface area is 118 Å². The molecule has 6 heteroatoms. The predicted octanol–water partition coefficient (Wildman–Crippen LogP) is 3.18. The number of nitrogens with one attached hydrogen (secondary N) is 2. The first-order valence-electron chi connectivity index (χ1n) is 5.70. The number of hydrogen-bond acceptors (Lipinski definition) is 4. The zero-order valence-corrected chi connectivity index (χ0v) is 11.7. The van der Waals surface area contributed by atoms with Crippen LogP contribution in [0.3, 0.4) is 0 Å². The van der Waals surface area contributed by atoms with Crippen molar-refractivity contribution < 1.29 is 5.11 Å². The Hall–Kier alpha value is -2.08. The summed E-state index contributed by atoms with van der Waals surface area (Å²) in [6, 6.07) is 5.85. The molecule has 0 saturated carbocycles. The molecule has 0 unspecified atom stereocenters. The van der Waals surface area contributed by atoms with E-state index in [-0.39, 0.29) is 5.88 Å². The van der Waals surface area contributed by atoms with E-state index in [4.69, 9.17) is 0 Å². The van der Waals surface area contributed by atoms with Gasteiger partial charge in [0.2, 0.25) is 11.8 Å². The van der Waals surface area contributed by atoms with Crippen LogP contribution in [0.4, 0.5) is 11.6 Å². The molecule has 0 spiro atoms. The third-order valence-electron chi connectivity index (χ3n) is 2.87. The maximum absolute atomic E-state index is 9.76. The normalized spacial score (nSPS) is 14.9. The number of benzene rings is 1. The minimum absolute atomic E-state index is 0.0363. The summed E-state index contributed by atoms with van der Waals surface area (Å²) in [6.07, 6.45) is 3.60. The lowest BCUT2D eigenvalue weighted by atomic mass is 10.1. The van der Waals surface area contributed by atoms with E-state index >= 15 is 0 Å². The molecule has 0 aliphatic carbocycles. The quantitative estimate of drug-likeness (QED) is 0.796. The number of halogens is 1. The molecule has 1 aromatic carbocycles. The van der Waals surface area contributed by atoms with Crippen molar-refractivity contribution in [1.29, 1.82) is 0 Å². The fourth-order valence-electron chi connectivity index (χ4n) is 1.97. The molecule has 3 N–H and O–H groups in total. The fraction of sp³-hybridized carbons (Fsp3) is 0.0769. The molecule has 0 fully saturated rings. The molecule has 1 aliphatic heterocycles. The van der Waals surface area contributed by atoms with Crippen LogP contribution < -0.4 is 5.32 Å². The molecule has 3 rings (SSSR count). The third-order valence-corrected chi connectivity index (χ3v) is 3.53. The number of aromatic amines is 1. The molecule has 2 heterocycles. The molecule has 1 aromatic heterocycles. The minimum Gasteiger partial charge on any atom is -0.492 e. The topological polar surface area (TPSA) is 73.3 Å². The fourth-order valence-corrected chi connectivity index (χ4v) is 2.56. The Balaban J connectivity index is 2.08. The Kier molecular flexibility index (Phi) is 2.87. The van der Waals surface area contributed by atoms with Crippen molar-refractivity contribution in [3.05, 3.63) is 33.9 Å². The van der Waals surface area contributed by atoms with Crippen LogP contribution in [0.15, 0.2) is 27.7 Å². The third kappa shape index (κ3) is 2.04. The number of aromatic hydroxyl groups is 1. The molecule has 0 saturated heterocycles. The highest BCUT2D eigenvalue weighted by atomic mass is 79.9. The zero-order valence-electron chi connectivity index (χ0n) is 10.1. The number of rotatable bonds is 2. The van der Waals surface area contributed by atoms with E-state index in [0.29, 0.717) is 11.6 Å². The monoisotopic (exact) mass is 318 g/mol. The number of H-pyrrole nitrogens is 1. The number of hydrogen-bond donors (Lipinski definition) is 3. The van der Waals surface area contributed by atoms with Gasteiger partial charge in [-0.05, 0) is 18.2 Å². The highest BCUT2D eigenvalue weighted by Gasteiger charge is 2.16. The standard InChI is InChI=1S/C13H11BrN4O/c1-15-13-17-10(12(19)18-13)5-7-6-16-9-4-2-3-8(14)11(7)9/h2-6,19H,1H3,(H2,15,17,18). The summed E-state index contributed by atoms with van der Waals surface area (Å²) in [5, 5.41) is 12.6. The molecule has 0 atom stereocenters. The van der Waals surface area contributed by atoms with Crippen molar-refractivity contribution in [3.8, 4) is 5.88 Å². The van der Waals surface area contributed by atoms with Crippen molar-refractivity contribution in [2.24, 2.45) is 4.99 Å². The summed E-state index contributed by atoms with van der Waals surface area (Å²) in [7, 11) is 1.73. The SMILES string of the molecule is CNc1nc(O)c(C=C2C=Nc3cccc(Br)c32)[nH]1. The molecule has 0 radical (unpaired) electrons. The lowest BCUT2D eigenvalue weighted by Gasteiger charge is -2.02. The average molecular weight is 319 g/mol. The maximum Gasteiger partial charge on any atom is 0.238 e. The van der Waals surface area contributed by atoms with Crippen LogP contribution in [-0.2, 0) is 0 Å². The molecular formula is C13H11BrN4O. The number of imidazole rings is 1. The van der Waals surface area contributed by atoms with Crippen LogP contribution in [0.5, 0.6) is 5.88 Å². The second-order valence-electron chi connectivity index (χ2n) is 4.06. The van der Waals surface area contributed by atoms with Gasteiger partial charge < -0.3 is 15.4 Å². The van der Waals surface area contributed by atoms with Crippen LogP contribution in [0, 0.1) is 0 Å². The van der Waals surface area contributed by atoms with Gasteiger partial charge in [-0.25, -0.2) is 0 Å². The predicted molar refractivity (Wildman–Crippen MR) is 80.0 cm³/mol. The molecule has 0 bridgehead atoms. The molecular weight excluding hydrogens is 308 g/mol. The van der Waals surface area contributed by atoms with E-state index in [1.54, 1.807) is 13.3 Å². The van der Waals surface area contributed by atoms with Crippen LogP contribution in [-0.4, -0.2) is 28.3 Å². The second kappa shape index (κ2) is 4.55. The summed E-state index contributed by atoms with van der Waals surface area (Å²) in [6.45, 7) is 0. The number of anilines is 1. The number of fused-ring (bicyclic) bond motifs is 1. The van der Waals surface area contributed by atoms with E-state index in [1.165, 1.54) is 0 Å². The van der Waals surface area contributed by atoms with Crippen LogP contribution in [0.2, 0.25) is 0 Å². The zero-order chi connectivity index (χ0) is 13.4. The number of aromatic nitrogens is 2. The molecule has 2 aromatic rings. The van der Waals surface area contributed by atoms with Crippen molar-refractivity contribution in [2.75, 3.05) is 12.4 Å². The van der Waals surface area contributed by atoms with Gasteiger partial charge in [-0.15, -0.1) is 0 Å². The first-order chi connectivity index (χ1) is 9.19. The Morgan fingerprint density at radius 1 is 1.42 bits per heavy atom. The molecule has 1 aliphatic rings. The Bertz CT molecular complexity index is 703. The summed E-state index contributed by atoms with van der Waals surface area (Å²) in [5.41, 5.74) is 3.40. The van der Waals surface area contributed by atoms with Gasteiger partial charge in [-0.2, -0.15) is 4.98 Å². The molecule has 96 valence electrons. The lowest BCUT2D eigenvalue weighted by molar-refractivity contribution is 0.455. The largest absolute Gasteiger partial charge is 0.492 e. The van der Waals surface area contributed by atoms with Crippen molar-refractivity contribution >= 4 is 45.4 Å². The highest BCUT2D eigenvalue weighted by Crippen LogP contribution is 2.38. The Morgan fingerprint density at radius 2 is 2.26 bits per heavy atom. The van der Waals surface area contributed by atoms with E-state index < -0.39 is 0 Å². The highest BCUT2D eigenvalue weighted by molar-refractivity contribution is 9.10. The van der Waals surface area contributed by atoms with Crippen LogP contribution >= 0.6 is 15.9 Å². The molecule has 19 heavy (non-hydrogen) atoms. The van der Waals surface area contributed by atoms with Gasteiger partial charge in [0.1, 0.15) is 5.69 Å². The van der Waals surface area contributed by atoms with Crippen LogP contribution in [0.1, 0.15) is 11.3 Å². The number of nitrogens with zero attached hydrogens (tertiary/aromatic N) is 2. The van der Waals surface area contributed by atoms with Gasteiger partial charge in [0.25, 0.3) is 0 Å². The first kappa shape index (κ1) is 12.0. The second-order valence-corrected chi connectivity index (χ2v) is 4.92. The van der Waals surface area contributed by atoms with Crippen molar-refractivity contribution in [2.45, 2.75) is 0 Å². The van der Waals surface area contributed by atoms with Gasteiger partial charge >= 0.3 is 0 Å². The van der Waals surface area contributed by atoms with Gasteiger partial charge in [0.05, 0.1) is 5.69 Å². The molecule has 0 amide bonds. The first-order valence-corrected chi connectivity index (χ1v) is 6.49. The minimum atomic E-state index is -0.0363. The van der Waals surface area contributed by atoms with Gasteiger partial charge in [-0.1, -0.05) is 22.0 Å². The van der Waals surface area contributed by atoms with Gasteiger partial charge in [0, 0.05) is 28.9 Å². The maximum atomic E-state index is 9.76. The van der Waals surface area contributed by atoms with E-state index in [1.807, 2.05) is 24.3 Å². The van der Waals surface area contributed by atoms with Crippen molar-refractivity contribution in [1.82, 2.24) is 9.97 Å². The summed E-state index contributed by atoms with van der Waals surface area (Å²) < 4.78 is 0.974. The lowest BCUT2D eigenvalue weighted by Crippen LogP contribution is -1.89. The molecule has 5 nitrogen and oxygen atoms in total.